The maximum atomic E-state index is 14.4. The van der Waals surface area contributed by atoms with E-state index >= 15 is 0 Å². The molecule has 0 unspecified atom stereocenters. The third kappa shape index (κ3) is 4.53. The molecule has 0 bridgehead atoms. The van der Waals surface area contributed by atoms with Gasteiger partial charge in [-0.2, -0.15) is 0 Å². The van der Waals surface area contributed by atoms with E-state index in [1.54, 1.807) is 27.7 Å². The molecule has 0 amide bonds. The number of nitrogens with two attached hydrogens (primary N) is 1. The quantitative estimate of drug-likeness (QED) is 0.835. The van der Waals surface area contributed by atoms with Gasteiger partial charge in [0.1, 0.15) is 22.9 Å². The van der Waals surface area contributed by atoms with Crippen molar-refractivity contribution < 1.29 is 23.5 Å². The number of aromatic nitrogens is 2. The van der Waals surface area contributed by atoms with Crippen molar-refractivity contribution in [3.8, 4) is 11.3 Å². The van der Waals surface area contributed by atoms with Gasteiger partial charge >= 0.3 is 11.9 Å². The van der Waals surface area contributed by atoms with E-state index < -0.39 is 23.4 Å². The van der Waals surface area contributed by atoms with E-state index in [0.717, 1.165) is 6.07 Å². The van der Waals surface area contributed by atoms with Crippen LogP contribution in [0.4, 0.5) is 10.2 Å². The van der Waals surface area contributed by atoms with Crippen LogP contribution in [-0.4, -0.2) is 34.1 Å². The molecule has 8 heteroatoms. The molecule has 0 radical (unpaired) electrons. The Kier molecular flexibility index (Phi) is 5.54. The van der Waals surface area contributed by atoms with Crippen LogP contribution in [0, 0.1) is 5.82 Å². The Bertz CT molecular complexity index is 847. The Morgan fingerprint density at radius 1 is 1.23 bits per heavy atom. The molecule has 0 spiro atoms. The predicted molar refractivity (Wildman–Crippen MR) is 93.0 cm³/mol. The Hall–Kier alpha value is -3.03. The number of hydrogen-bond acceptors (Lipinski definition) is 7. The molecule has 26 heavy (non-hydrogen) atoms. The zero-order valence-corrected chi connectivity index (χ0v) is 15.0. The van der Waals surface area contributed by atoms with Gasteiger partial charge in [0.15, 0.2) is 5.69 Å². The van der Waals surface area contributed by atoms with Crippen LogP contribution in [0.25, 0.3) is 11.3 Å². The first-order valence-corrected chi connectivity index (χ1v) is 7.95. The van der Waals surface area contributed by atoms with E-state index in [0.29, 0.717) is 0 Å². The minimum Gasteiger partial charge on any atom is -0.461 e. The van der Waals surface area contributed by atoms with Gasteiger partial charge in [0, 0.05) is 5.56 Å². The van der Waals surface area contributed by atoms with Crippen LogP contribution in [0.5, 0.6) is 0 Å². The van der Waals surface area contributed by atoms with Crippen molar-refractivity contribution in [2.24, 2.45) is 0 Å². The predicted octanol–water partition coefficient (Wildman–Crippen LogP) is 3.00. The number of rotatable bonds is 4. The average Bonchev–Trinajstić information content (AvgIpc) is 2.53. The molecule has 0 aliphatic rings. The summed E-state index contributed by atoms with van der Waals surface area (Å²) < 4.78 is 24.4. The SMILES string of the molecule is CCOC(=O)c1cnc(N)c(-c2ccc(C(=O)OC(C)(C)C)c(F)c2)n1. The van der Waals surface area contributed by atoms with Gasteiger partial charge in [-0.1, -0.05) is 6.07 Å². The number of nitrogens with zero attached hydrogens (tertiary/aromatic N) is 2. The van der Waals surface area contributed by atoms with E-state index in [-0.39, 0.29) is 34.9 Å². The van der Waals surface area contributed by atoms with Crippen LogP contribution in [0.15, 0.2) is 24.4 Å². The van der Waals surface area contributed by atoms with Crippen molar-refractivity contribution in [1.82, 2.24) is 9.97 Å². The lowest BCUT2D eigenvalue weighted by atomic mass is 10.1. The number of halogens is 1. The highest BCUT2D eigenvalue weighted by molar-refractivity contribution is 5.91. The molecule has 0 aliphatic heterocycles. The molecule has 2 rings (SSSR count). The van der Waals surface area contributed by atoms with Gasteiger partial charge in [-0.25, -0.2) is 23.9 Å². The average molecular weight is 361 g/mol. The Labute approximate surface area is 150 Å². The molecular formula is C18H20FN3O4. The van der Waals surface area contributed by atoms with Gasteiger partial charge in [0.2, 0.25) is 0 Å². The first kappa shape index (κ1) is 19.3. The van der Waals surface area contributed by atoms with Gasteiger partial charge < -0.3 is 15.2 Å². The van der Waals surface area contributed by atoms with Crippen LogP contribution in [0.3, 0.4) is 0 Å². The molecule has 0 aliphatic carbocycles. The summed E-state index contributed by atoms with van der Waals surface area (Å²) in [6, 6.07) is 3.82. The van der Waals surface area contributed by atoms with E-state index in [1.165, 1.54) is 18.3 Å². The molecule has 0 fully saturated rings. The fourth-order valence-electron chi connectivity index (χ4n) is 2.08. The maximum Gasteiger partial charge on any atom is 0.358 e. The van der Waals surface area contributed by atoms with Gasteiger partial charge in [-0.05, 0) is 39.8 Å². The van der Waals surface area contributed by atoms with Crippen LogP contribution in [0.2, 0.25) is 0 Å². The van der Waals surface area contributed by atoms with Crippen molar-refractivity contribution in [1.29, 1.82) is 0 Å². The summed E-state index contributed by atoms with van der Waals surface area (Å²) in [4.78, 5) is 31.8. The highest BCUT2D eigenvalue weighted by atomic mass is 19.1. The monoisotopic (exact) mass is 361 g/mol. The molecule has 7 nitrogen and oxygen atoms in total. The zero-order valence-electron chi connectivity index (χ0n) is 15.0. The number of benzene rings is 1. The third-order valence-corrected chi connectivity index (χ3v) is 3.15. The lowest BCUT2D eigenvalue weighted by molar-refractivity contribution is 0.00645. The van der Waals surface area contributed by atoms with E-state index in [9.17, 15) is 14.0 Å². The minimum atomic E-state index is -0.792. The van der Waals surface area contributed by atoms with E-state index in [1.807, 2.05) is 0 Å². The molecular weight excluding hydrogens is 341 g/mol. The Morgan fingerprint density at radius 2 is 1.92 bits per heavy atom. The molecule has 0 saturated heterocycles. The number of hydrogen-bond donors (Lipinski definition) is 1. The van der Waals surface area contributed by atoms with Crippen molar-refractivity contribution in [2.75, 3.05) is 12.3 Å². The summed E-state index contributed by atoms with van der Waals surface area (Å²) in [6.45, 7) is 6.91. The van der Waals surface area contributed by atoms with Gasteiger partial charge in [-0.15, -0.1) is 0 Å². The van der Waals surface area contributed by atoms with Gasteiger partial charge in [-0.3, -0.25) is 0 Å². The molecule has 138 valence electrons. The molecule has 2 aromatic rings. The number of carbonyl (C=O) groups excluding carboxylic acids is 2. The van der Waals surface area contributed by atoms with E-state index in [4.69, 9.17) is 15.2 Å². The normalized spacial score (nSPS) is 11.1. The van der Waals surface area contributed by atoms with Crippen LogP contribution in [-0.2, 0) is 9.47 Å². The molecule has 0 saturated carbocycles. The zero-order chi connectivity index (χ0) is 19.5. The Morgan fingerprint density at radius 3 is 2.50 bits per heavy atom. The minimum absolute atomic E-state index is 0.0162. The topological polar surface area (TPSA) is 104 Å². The van der Waals surface area contributed by atoms with E-state index in [2.05, 4.69) is 9.97 Å². The summed E-state index contributed by atoms with van der Waals surface area (Å²) in [7, 11) is 0. The number of nitrogen functional groups attached to an aromatic ring is 1. The second kappa shape index (κ2) is 7.47. The summed E-state index contributed by atoms with van der Waals surface area (Å²) >= 11 is 0. The number of anilines is 1. The molecule has 1 aromatic heterocycles. The molecule has 1 aromatic carbocycles. The maximum absolute atomic E-state index is 14.4. The second-order valence-electron chi connectivity index (χ2n) is 6.41. The third-order valence-electron chi connectivity index (χ3n) is 3.15. The van der Waals surface area contributed by atoms with Crippen LogP contribution >= 0.6 is 0 Å². The first-order chi connectivity index (χ1) is 12.1. The fourth-order valence-corrected chi connectivity index (χ4v) is 2.08. The molecule has 1 heterocycles. The van der Waals surface area contributed by atoms with Crippen molar-refractivity contribution in [3.05, 3.63) is 41.5 Å². The van der Waals surface area contributed by atoms with Crippen molar-refractivity contribution >= 4 is 17.8 Å². The lowest BCUT2D eigenvalue weighted by Gasteiger charge is -2.19. The number of esters is 2. The highest BCUT2D eigenvalue weighted by Gasteiger charge is 2.22. The smallest absolute Gasteiger partial charge is 0.358 e. The highest BCUT2D eigenvalue weighted by Crippen LogP contribution is 2.25. The number of ether oxygens (including phenoxy) is 2. The lowest BCUT2D eigenvalue weighted by Crippen LogP contribution is -2.24. The first-order valence-electron chi connectivity index (χ1n) is 7.95. The van der Waals surface area contributed by atoms with Crippen LogP contribution < -0.4 is 5.73 Å². The summed E-state index contributed by atoms with van der Waals surface area (Å²) in [5.74, 6) is -2.21. The fraction of sp³-hybridized carbons (Fsp3) is 0.333. The van der Waals surface area contributed by atoms with Crippen LogP contribution in [0.1, 0.15) is 48.5 Å². The number of carbonyl (C=O) groups is 2. The van der Waals surface area contributed by atoms with Crippen molar-refractivity contribution in [3.63, 3.8) is 0 Å². The summed E-state index contributed by atoms with van der Waals surface area (Å²) in [6.07, 6.45) is 1.18. The largest absolute Gasteiger partial charge is 0.461 e. The standard InChI is InChI=1S/C18H20FN3O4/c1-5-25-17(24)13-9-21-15(20)14(22-13)10-6-7-11(12(19)8-10)16(23)26-18(2,3)4/h6-9H,5H2,1-4H3,(H2,20,21). The van der Waals surface area contributed by atoms with Gasteiger partial charge in [0.05, 0.1) is 18.4 Å². The van der Waals surface area contributed by atoms with Crippen molar-refractivity contribution in [2.45, 2.75) is 33.3 Å². The summed E-state index contributed by atoms with van der Waals surface area (Å²) in [5.41, 5.74) is 5.17. The Balaban J connectivity index is 2.38. The summed E-state index contributed by atoms with van der Waals surface area (Å²) in [5, 5.41) is 0. The molecule has 2 N–H and O–H groups in total. The van der Waals surface area contributed by atoms with Gasteiger partial charge in [0.25, 0.3) is 0 Å². The second-order valence-corrected chi connectivity index (χ2v) is 6.41. The molecule has 0 atom stereocenters.